The lowest BCUT2D eigenvalue weighted by molar-refractivity contribution is 0.449. The number of rotatable bonds is 4. The third kappa shape index (κ3) is 2.81. The first kappa shape index (κ1) is 12.4. The van der Waals surface area contributed by atoms with Crippen LogP contribution in [0.15, 0.2) is 24.3 Å². The monoisotopic (exact) mass is 232 g/mol. The maximum absolute atomic E-state index is 6.01. The molecular formula is C15H24N2. The third-order valence-electron chi connectivity index (χ3n) is 4.11. The van der Waals surface area contributed by atoms with Crippen molar-refractivity contribution in [1.82, 2.24) is 0 Å². The van der Waals surface area contributed by atoms with Crippen molar-refractivity contribution in [3.8, 4) is 0 Å². The second-order valence-electron chi connectivity index (χ2n) is 5.50. The van der Waals surface area contributed by atoms with Crippen molar-refractivity contribution >= 4 is 5.69 Å². The molecule has 2 rings (SSSR count). The highest BCUT2D eigenvalue weighted by Gasteiger charge is 2.37. The molecule has 3 N–H and O–H groups in total. The number of aryl methyl sites for hydroxylation is 1. The average Bonchev–Trinajstić information content (AvgIpc) is 2.73. The number of nitrogens with one attached hydrogen (secondary N) is 1. The van der Waals surface area contributed by atoms with Crippen LogP contribution >= 0.6 is 0 Å². The van der Waals surface area contributed by atoms with Crippen LogP contribution in [-0.2, 0) is 0 Å². The summed E-state index contributed by atoms with van der Waals surface area (Å²) in [6.07, 6.45) is 5.01. The summed E-state index contributed by atoms with van der Waals surface area (Å²) in [5, 5.41) is 3.68. The fourth-order valence-corrected chi connectivity index (χ4v) is 2.96. The summed E-state index contributed by atoms with van der Waals surface area (Å²) in [4.78, 5) is 0. The normalized spacial score (nSPS) is 28.3. The molecule has 2 nitrogen and oxygen atoms in total. The molecule has 1 aliphatic rings. The lowest BCUT2D eigenvalue weighted by Gasteiger charge is -2.30. The molecule has 0 aliphatic heterocycles. The minimum Gasteiger partial charge on any atom is -0.378 e. The van der Waals surface area contributed by atoms with Crippen molar-refractivity contribution in [2.45, 2.75) is 45.1 Å². The Morgan fingerprint density at radius 3 is 2.88 bits per heavy atom. The van der Waals surface area contributed by atoms with Crippen LogP contribution in [0.4, 0.5) is 5.69 Å². The first-order valence-corrected chi connectivity index (χ1v) is 6.72. The number of anilines is 1. The zero-order valence-electron chi connectivity index (χ0n) is 11.0. The van der Waals surface area contributed by atoms with E-state index in [-0.39, 0.29) is 5.54 Å². The van der Waals surface area contributed by atoms with Crippen LogP contribution in [0.1, 0.15) is 38.2 Å². The van der Waals surface area contributed by atoms with Crippen molar-refractivity contribution in [3.05, 3.63) is 29.8 Å². The van der Waals surface area contributed by atoms with Gasteiger partial charge in [0.25, 0.3) is 0 Å². The molecule has 0 heterocycles. The summed E-state index contributed by atoms with van der Waals surface area (Å²) < 4.78 is 0. The van der Waals surface area contributed by atoms with Crippen molar-refractivity contribution in [3.63, 3.8) is 0 Å². The highest BCUT2D eigenvalue weighted by molar-refractivity contribution is 5.48. The Balaban J connectivity index is 2.10. The van der Waals surface area contributed by atoms with E-state index in [1.54, 1.807) is 0 Å². The molecular weight excluding hydrogens is 208 g/mol. The molecule has 2 unspecified atom stereocenters. The van der Waals surface area contributed by atoms with Crippen molar-refractivity contribution < 1.29 is 0 Å². The van der Waals surface area contributed by atoms with E-state index in [1.165, 1.54) is 36.9 Å². The Morgan fingerprint density at radius 2 is 2.29 bits per heavy atom. The van der Waals surface area contributed by atoms with Gasteiger partial charge in [0.05, 0.1) is 0 Å². The lowest BCUT2D eigenvalue weighted by Crippen LogP contribution is -2.43. The smallest absolute Gasteiger partial charge is 0.0498 e. The molecule has 17 heavy (non-hydrogen) atoms. The van der Waals surface area contributed by atoms with E-state index >= 15 is 0 Å². The summed E-state index contributed by atoms with van der Waals surface area (Å²) in [6.45, 7) is 5.14. The number of hydrogen-bond acceptors (Lipinski definition) is 2. The van der Waals surface area contributed by atoms with Gasteiger partial charge in [-0.25, -0.2) is 0 Å². The van der Waals surface area contributed by atoms with Crippen LogP contribution in [-0.4, -0.2) is 12.1 Å². The summed E-state index contributed by atoms with van der Waals surface area (Å²) in [6, 6.07) is 8.58. The predicted octanol–water partition coefficient (Wildman–Crippen LogP) is 3.31. The molecule has 0 bridgehead atoms. The SMILES string of the molecule is CCC1CCC(CN)(Nc2cccc(C)c2)C1. The highest BCUT2D eigenvalue weighted by atomic mass is 15.0. The predicted molar refractivity (Wildman–Crippen MR) is 74.2 cm³/mol. The molecule has 0 amide bonds. The molecule has 0 aromatic heterocycles. The van der Waals surface area contributed by atoms with Crippen LogP contribution in [0.5, 0.6) is 0 Å². The first-order valence-electron chi connectivity index (χ1n) is 6.72. The fourth-order valence-electron chi connectivity index (χ4n) is 2.96. The van der Waals surface area contributed by atoms with Gasteiger partial charge in [-0.3, -0.25) is 0 Å². The molecule has 0 saturated heterocycles. The standard InChI is InChI=1S/C15H24N2/c1-3-13-7-8-15(10-13,11-16)17-14-6-4-5-12(2)9-14/h4-6,9,13,17H,3,7-8,10-11,16H2,1-2H3. The van der Waals surface area contributed by atoms with E-state index in [0.717, 1.165) is 12.5 Å². The highest BCUT2D eigenvalue weighted by Crippen LogP contribution is 2.38. The van der Waals surface area contributed by atoms with Crippen molar-refractivity contribution in [2.75, 3.05) is 11.9 Å². The van der Waals surface area contributed by atoms with E-state index in [1.807, 2.05) is 0 Å². The van der Waals surface area contributed by atoms with Gasteiger partial charge in [-0.1, -0.05) is 25.5 Å². The van der Waals surface area contributed by atoms with Gasteiger partial charge in [0, 0.05) is 17.8 Å². The maximum atomic E-state index is 6.01. The van der Waals surface area contributed by atoms with E-state index in [4.69, 9.17) is 5.73 Å². The summed E-state index contributed by atoms with van der Waals surface area (Å²) in [5.41, 5.74) is 8.66. The van der Waals surface area contributed by atoms with Crippen molar-refractivity contribution in [1.29, 1.82) is 0 Å². The molecule has 1 aromatic carbocycles. The van der Waals surface area contributed by atoms with E-state index in [2.05, 4.69) is 43.4 Å². The van der Waals surface area contributed by atoms with E-state index in [9.17, 15) is 0 Å². The van der Waals surface area contributed by atoms with Gasteiger partial charge in [0.2, 0.25) is 0 Å². The molecule has 1 saturated carbocycles. The molecule has 1 aromatic rings. The molecule has 0 spiro atoms. The van der Waals surface area contributed by atoms with Gasteiger partial charge in [-0.05, 0) is 49.8 Å². The Morgan fingerprint density at radius 1 is 1.47 bits per heavy atom. The minimum absolute atomic E-state index is 0.133. The molecule has 2 atom stereocenters. The zero-order chi connectivity index (χ0) is 12.3. The van der Waals surface area contributed by atoms with Crippen LogP contribution in [0.25, 0.3) is 0 Å². The molecule has 94 valence electrons. The number of benzene rings is 1. The first-order chi connectivity index (χ1) is 8.17. The van der Waals surface area contributed by atoms with Gasteiger partial charge in [0.15, 0.2) is 0 Å². The number of hydrogen-bond donors (Lipinski definition) is 2. The Bertz CT molecular complexity index is 375. The molecule has 1 aliphatic carbocycles. The minimum atomic E-state index is 0.133. The topological polar surface area (TPSA) is 38.0 Å². The third-order valence-corrected chi connectivity index (χ3v) is 4.11. The lowest BCUT2D eigenvalue weighted by atomic mass is 9.94. The Labute approximate surface area is 105 Å². The summed E-state index contributed by atoms with van der Waals surface area (Å²) in [5.74, 6) is 0.843. The maximum Gasteiger partial charge on any atom is 0.0498 e. The van der Waals surface area contributed by atoms with Crippen molar-refractivity contribution in [2.24, 2.45) is 11.7 Å². The summed E-state index contributed by atoms with van der Waals surface area (Å²) >= 11 is 0. The Kier molecular flexibility index (Phi) is 3.72. The molecule has 2 heteroatoms. The van der Waals surface area contributed by atoms with Crippen LogP contribution in [0.3, 0.4) is 0 Å². The molecule has 1 fully saturated rings. The van der Waals surface area contributed by atoms with E-state index < -0.39 is 0 Å². The second-order valence-corrected chi connectivity index (χ2v) is 5.50. The zero-order valence-corrected chi connectivity index (χ0v) is 11.0. The van der Waals surface area contributed by atoms with Gasteiger partial charge in [-0.15, -0.1) is 0 Å². The average molecular weight is 232 g/mol. The van der Waals surface area contributed by atoms with Crippen LogP contribution in [0, 0.1) is 12.8 Å². The van der Waals surface area contributed by atoms with Gasteiger partial charge in [0.1, 0.15) is 0 Å². The summed E-state index contributed by atoms with van der Waals surface area (Å²) in [7, 11) is 0. The molecule has 0 radical (unpaired) electrons. The number of nitrogens with two attached hydrogens (primary N) is 1. The quantitative estimate of drug-likeness (QED) is 0.835. The van der Waals surface area contributed by atoms with Gasteiger partial charge < -0.3 is 11.1 Å². The van der Waals surface area contributed by atoms with Gasteiger partial charge >= 0.3 is 0 Å². The van der Waals surface area contributed by atoms with Crippen LogP contribution < -0.4 is 11.1 Å². The van der Waals surface area contributed by atoms with E-state index in [0.29, 0.717) is 0 Å². The Hall–Kier alpha value is -1.02. The second kappa shape index (κ2) is 5.09. The fraction of sp³-hybridized carbons (Fsp3) is 0.600. The van der Waals surface area contributed by atoms with Gasteiger partial charge in [-0.2, -0.15) is 0 Å². The largest absolute Gasteiger partial charge is 0.378 e. The van der Waals surface area contributed by atoms with Crippen LogP contribution in [0.2, 0.25) is 0 Å².